The van der Waals surface area contributed by atoms with Gasteiger partial charge in [0.2, 0.25) is 0 Å². The van der Waals surface area contributed by atoms with E-state index in [0.717, 1.165) is 45.0 Å². The molecule has 2 aromatic heterocycles. The maximum atomic E-state index is 2.53. The van der Waals surface area contributed by atoms with Crippen molar-refractivity contribution in [3.63, 3.8) is 0 Å². The number of nitrogens with zero attached hydrogens (tertiary/aromatic N) is 3. The molecule has 1 atom stereocenters. The third-order valence-corrected chi connectivity index (χ3v) is 18.8. The summed E-state index contributed by atoms with van der Waals surface area (Å²) in [5, 5.41) is 7.44. The number of fused-ring (bicyclic) bond motifs is 16. The first-order chi connectivity index (χ1) is 42.7. The highest BCUT2D eigenvalue weighted by Gasteiger charge is 2.51. The summed E-state index contributed by atoms with van der Waals surface area (Å²) in [4.78, 5) is 2.48. The fraction of sp³-hybridized carbons (Fsp3) is 0.0120. The molecule has 0 saturated carbocycles. The fourth-order valence-corrected chi connectivity index (χ4v) is 15.1. The molecular formula is C83H53N3. The predicted octanol–water partition coefficient (Wildman–Crippen LogP) is 21.8. The van der Waals surface area contributed by atoms with E-state index in [4.69, 9.17) is 0 Å². The molecule has 18 rings (SSSR count). The number of hydrogen-bond donors (Lipinski definition) is 0. The molecule has 0 saturated heterocycles. The highest BCUT2D eigenvalue weighted by atomic mass is 15.1. The van der Waals surface area contributed by atoms with Crippen molar-refractivity contribution in [1.82, 2.24) is 9.13 Å². The molecule has 0 bridgehead atoms. The van der Waals surface area contributed by atoms with Gasteiger partial charge in [-0.1, -0.05) is 255 Å². The standard InChI is InChI=1S/C83H53N3/c1-2-19-54(20-3-1)55-37-39-58(40-38-55)63-21-7-13-32-76(63)84(60-46-41-56(42-47-60)57-43-48-61(49-44-57)85-77-33-14-8-25-68(77)69-26-9-15-34-78(69)85)80-52-51-62(64-22-4-5-24-67(64)80)59-45-50-66-65-23-6-11-29-72(65)83(75(66)53-59)73-30-12-17-36-81(73)86-79-35-16-10-27-70(79)71-28-18-31-74(83)82(71)86/h1-53H. The van der Waals surface area contributed by atoms with Gasteiger partial charge in [0.25, 0.3) is 0 Å². The van der Waals surface area contributed by atoms with E-state index in [0.29, 0.717) is 0 Å². The van der Waals surface area contributed by atoms with Gasteiger partial charge in [0.05, 0.1) is 44.5 Å². The second-order valence-corrected chi connectivity index (χ2v) is 23.1. The van der Waals surface area contributed by atoms with E-state index in [1.54, 1.807) is 0 Å². The summed E-state index contributed by atoms with van der Waals surface area (Å²) in [6.07, 6.45) is 0. The average Bonchev–Trinajstić information content (AvgIpc) is 1.48. The van der Waals surface area contributed by atoms with Crippen LogP contribution in [0.15, 0.2) is 322 Å². The molecule has 14 aromatic carbocycles. The van der Waals surface area contributed by atoms with E-state index in [9.17, 15) is 0 Å². The van der Waals surface area contributed by atoms with Crippen LogP contribution in [0.25, 0.3) is 121 Å². The van der Waals surface area contributed by atoms with Crippen molar-refractivity contribution in [1.29, 1.82) is 0 Å². The first-order valence-corrected chi connectivity index (χ1v) is 29.8. The smallest absolute Gasteiger partial charge is 0.0754 e. The van der Waals surface area contributed by atoms with Crippen LogP contribution in [0, 0.1) is 0 Å². The Kier molecular flexibility index (Phi) is 10.6. The molecule has 0 amide bonds. The summed E-state index contributed by atoms with van der Waals surface area (Å²) < 4.78 is 4.91. The van der Waals surface area contributed by atoms with Gasteiger partial charge in [-0.3, -0.25) is 0 Å². The number of hydrogen-bond acceptors (Lipinski definition) is 1. The fourth-order valence-electron chi connectivity index (χ4n) is 15.1. The molecule has 1 aliphatic carbocycles. The van der Waals surface area contributed by atoms with E-state index in [1.165, 1.54) is 116 Å². The Morgan fingerprint density at radius 1 is 0.244 bits per heavy atom. The average molecular weight is 1090 g/mol. The lowest BCUT2D eigenvalue weighted by molar-refractivity contribution is 0.749. The summed E-state index contributed by atoms with van der Waals surface area (Å²) in [5.41, 5.74) is 27.3. The van der Waals surface area contributed by atoms with Crippen molar-refractivity contribution < 1.29 is 0 Å². The van der Waals surface area contributed by atoms with Crippen molar-refractivity contribution in [3.8, 4) is 67.0 Å². The second-order valence-electron chi connectivity index (χ2n) is 23.1. The summed E-state index contributed by atoms with van der Waals surface area (Å²) in [6.45, 7) is 0. The number of rotatable bonds is 8. The predicted molar refractivity (Wildman–Crippen MR) is 360 cm³/mol. The van der Waals surface area contributed by atoms with E-state index in [1.807, 2.05) is 0 Å². The zero-order chi connectivity index (χ0) is 56.5. The Hall–Kier alpha value is -11.3. The zero-order valence-corrected chi connectivity index (χ0v) is 46.9. The highest BCUT2D eigenvalue weighted by Crippen LogP contribution is 2.62. The van der Waals surface area contributed by atoms with Gasteiger partial charge in [-0.2, -0.15) is 0 Å². The van der Waals surface area contributed by atoms with Gasteiger partial charge in [0, 0.05) is 43.9 Å². The topological polar surface area (TPSA) is 13.1 Å². The zero-order valence-electron chi connectivity index (χ0n) is 46.9. The van der Waals surface area contributed by atoms with Gasteiger partial charge < -0.3 is 14.0 Å². The molecule has 3 heterocycles. The van der Waals surface area contributed by atoms with Crippen LogP contribution < -0.4 is 4.90 Å². The number of benzene rings is 14. The molecule has 1 unspecified atom stereocenters. The largest absolute Gasteiger partial charge is 0.309 e. The number of aromatic nitrogens is 2. The van der Waals surface area contributed by atoms with Crippen LogP contribution in [0.1, 0.15) is 22.3 Å². The molecule has 3 heteroatoms. The first kappa shape index (κ1) is 48.3. The van der Waals surface area contributed by atoms with Gasteiger partial charge in [-0.05, 0) is 144 Å². The lowest BCUT2D eigenvalue weighted by Crippen LogP contribution is -2.33. The maximum absolute atomic E-state index is 2.53. The van der Waals surface area contributed by atoms with Gasteiger partial charge >= 0.3 is 0 Å². The highest BCUT2D eigenvalue weighted by molar-refractivity contribution is 6.14. The molecule has 0 radical (unpaired) electrons. The van der Waals surface area contributed by atoms with E-state index < -0.39 is 5.41 Å². The van der Waals surface area contributed by atoms with E-state index >= 15 is 0 Å². The van der Waals surface area contributed by atoms with Crippen LogP contribution in [-0.4, -0.2) is 9.13 Å². The normalized spacial score (nSPS) is 13.9. The molecular weight excluding hydrogens is 1040 g/mol. The molecule has 1 spiro atoms. The van der Waals surface area contributed by atoms with Crippen molar-refractivity contribution >= 4 is 71.4 Å². The van der Waals surface area contributed by atoms with Crippen LogP contribution in [0.3, 0.4) is 0 Å². The van der Waals surface area contributed by atoms with Gasteiger partial charge in [-0.15, -0.1) is 0 Å². The Labute approximate surface area is 498 Å². The Morgan fingerprint density at radius 2 is 0.721 bits per heavy atom. The molecule has 2 aliphatic rings. The van der Waals surface area contributed by atoms with Crippen LogP contribution in [-0.2, 0) is 5.41 Å². The first-order valence-electron chi connectivity index (χ1n) is 29.8. The Bertz CT molecular complexity index is 5340. The quantitative estimate of drug-likeness (QED) is 0.148. The SMILES string of the molecule is c1ccc(-c2ccc(-c3ccccc3N(c3ccc(-c4ccc(-n5c6ccccc6c6ccccc65)cc4)cc3)c3ccc(-c4ccc5c(c4)C4(c6ccccc6-5)c5ccccc5-n5c6ccccc6c6cccc4c65)c4ccccc34)cc2)cc1. The second kappa shape index (κ2) is 18.9. The molecule has 0 N–H and O–H groups in total. The third-order valence-electron chi connectivity index (χ3n) is 18.8. The van der Waals surface area contributed by atoms with Crippen molar-refractivity contribution in [2.24, 2.45) is 0 Å². The summed E-state index contributed by atoms with van der Waals surface area (Å²) >= 11 is 0. The summed E-state index contributed by atoms with van der Waals surface area (Å²) in [6, 6.07) is 119. The molecule has 86 heavy (non-hydrogen) atoms. The number of anilines is 3. The lowest BCUT2D eigenvalue weighted by atomic mass is 9.65. The minimum atomic E-state index is -0.557. The Morgan fingerprint density at radius 3 is 1.44 bits per heavy atom. The summed E-state index contributed by atoms with van der Waals surface area (Å²) in [5.74, 6) is 0. The number of para-hydroxylation sites is 6. The molecule has 0 fully saturated rings. The van der Waals surface area contributed by atoms with Gasteiger partial charge in [0.15, 0.2) is 0 Å². The van der Waals surface area contributed by atoms with Crippen molar-refractivity contribution in [2.45, 2.75) is 5.41 Å². The molecule has 3 nitrogen and oxygen atoms in total. The molecule has 400 valence electrons. The third kappa shape index (κ3) is 6.97. The van der Waals surface area contributed by atoms with Crippen LogP contribution in [0.5, 0.6) is 0 Å². The maximum Gasteiger partial charge on any atom is 0.0754 e. The lowest BCUT2D eigenvalue weighted by Gasteiger charge is -2.39. The van der Waals surface area contributed by atoms with E-state index in [2.05, 4.69) is 336 Å². The van der Waals surface area contributed by atoms with Crippen LogP contribution >= 0.6 is 0 Å². The van der Waals surface area contributed by atoms with Gasteiger partial charge in [0.1, 0.15) is 0 Å². The monoisotopic (exact) mass is 1090 g/mol. The van der Waals surface area contributed by atoms with Crippen molar-refractivity contribution in [3.05, 3.63) is 344 Å². The van der Waals surface area contributed by atoms with Gasteiger partial charge in [-0.25, -0.2) is 0 Å². The van der Waals surface area contributed by atoms with Crippen LogP contribution in [0.2, 0.25) is 0 Å². The van der Waals surface area contributed by atoms with E-state index in [-0.39, 0.29) is 0 Å². The van der Waals surface area contributed by atoms with Crippen molar-refractivity contribution in [2.75, 3.05) is 4.90 Å². The minimum Gasteiger partial charge on any atom is -0.309 e. The molecule has 1 aliphatic heterocycles. The summed E-state index contributed by atoms with van der Waals surface area (Å²) in [7, 11) is 0. The van der Waals surface area contributed by atoms with Crippen LogP contribution in [0.4, 0.5) is 17.1 Å². The minimum absolute atomic E-state index is 0.557. The molecule has 16 aromatic rings. The Balaban J connectivity index is 0.794.